The second kappa shape index (κ2) is 5.09. The van der Waals surface area contributed by atoms with E-state index in [4.69, 9.17) is 16.3 Å². The van der Waals surface area contributed by atoms with Gasteiger partial charge in [0.25, 0.3) is 0 Å². The Morgan fingerprint density at radius 1 is 1.15 bits per heavy atom. The van der Waals surface area contributed by atoms with Crippen molar-refractivity contribution in [3.05, 3.63) is 59.9 Å². The lowest BCUT2D eigenvalue weighted by Crippen LogP contribution is -1.95. The van der Waals surface area contributed by atoms with E-state index in [1.54, 1.807) is 16.7 Å². The molecule has 3 nitrogen and oxygen atoms in total. The third-order valence-corrected chi connectivity index (χ3v) is 3.09. The van der Waals surface area contributed by atoms with Crippen molar-refractivity contribution in [1.29, 1.82) is 0 Å². The highest BCUT2D eigenvalue weighted by molar-refractivity contribution is 6.17. The molecule has 3 aromatic rings. The molecule has 6 heteroatoms. The number of pyridine rings is 1. The number of rotatable bonds is 3. The summed E-state index contributed by atoms with van der Waals surface area (Å²) in [5, 5.41) is 0. The summed E-state index contributed by atoms with van der Waals surface area (Å²) in [6.07, 6.45) is 1.77. The van der Waals surface area contributed by atoms with E-state index >= 15 is 0 Å². The highest BCUT2D eigenvalue weighted by atomic mass is 35.5. The minimum atomic E-state index is -1.05. The summed E-state index contributed by atoms with van der Waals surface area (Å²) in [6, 6.07) is 9.12. The topological polar surface area (TPSA) is 26.5 Å². The molecule has 0 fully saturated rings. The van der Waals surface area contributed by atoms with Gasteiger partial charge in [-0.15, -0.1) is 11.6 Å². The number of ether oxygens (including phenoxy) is 1. The molecular formula is C14H9ClF2N2O. The minimum absolute atomic E-state index is 0.136. The van der Waals surface area contributed by atoms with Gasteiger partial charge in [-0.1, -0.05) is 12.1 Å². The summed E-state index contributed by atoms with van der Waals surface area (Å²) in [5.74, 6) is -1.95. The lowest BCUT2D eigenvalue weighted by atomic mass is 10.3. The molecule has 2 heterocycles. The van der Waals surface area contributed by atoms with Gasteiger partial charge in [0.2, 0.25) is 11.7 Å². The summed E-state index contributed by atoms with van der Waals surface area (Å²) in [5.41, 5.74) is 1.20. The van der Waals surface area contributed by atoms with Crippen molar-refractivity contribution >= 4 is 17.2 Å². The van der Waals surface area contributed by atoms with Crippen molar-refractivity contribution in [1.82, 2.24) is 9.38 Å². The molecule has 0 radical (unpaired) electrons. The van der Waals surface area contributed by atoms with E-state index in [1.807, 2.05) is 12.1 Å². The monoisotopic (exact) mass is 294 g/mol. The van der Waals surface area contributed by atoms with Crippen molar-refractivity contribution in [2.45, 2.75) is 5.88 Å². The van der Waals surface area contributed by atoms with E-state index in [2.05, 4.69) is 4.98 Å². The maximum atomic E-state index is 13.6. The summed E-state index contributed by atoms with van der Waals surface area (Å²) in [6.45, 7) is 0. The fourth-order valence-electron chi connectivity index (χ4n) is 1.90. The molecule has 0 amide bonds. The zero-order chi connectivity index (χ0) is 14.1. The normalized spacial score (nSPS) is 10.9. The van der Waals surface area contributed by atoms with Crippen LogP contribution in [0.1, 0.15) is 5.69 Å². The third kappa shape index (κ3) is 2.10. The van der Waals surface area contributed by atoms with E-state index in [0.29, 0.717) is 11.3 Å². The Morgan fingerprint density at radius 3 is 2.80 bits per heavy atom. The molecular weight excluding hydrogens is 286 g/mol. The molecule has 0 atom stereocenters. The second-order valence-corrected chi connectivity index (χ2v) is 4.35. The number of fused-ring (bicyclic) bond motifs is 1. The second-order valence-electron chi connectivity index (χ2n) is 4.08. The average molecular weight is 295 g/mol. The zero-order valence-electron chi connectivity index (χ0n) is 10.2. The van der Waals surface area contributed by atoms with E-state index < -0.39 is 11.6 Å². The highest BCUT2D eigenvalue weighted by Gasteiger charge is 2.16. The number of halogens is 3. The number of imidazole rings is 1. The Labute approximate surface area is 118 Å². The van der Waals surface area contributed by atoms with Crippen molar-refractivity contribution in [2.75, 3.05) is 0 Å². The van der Waals surface area contributed by atoms with Crippen LogP contribution in [0.5, 0.6) is 11.6 Å². The van der Waals surface area contributed by atoms with Gasteiger partial charge in [-0.05, 0) is 24.3 Å². The molecule has 0 bridgehead atoms. The van der Waals surface area contributed by atoms with Gasteiger partial charge in [-0.3, -0.25) is 4.40 Å². The van der Waals surface area contributed by atoms with Crippen LogP contribution < -0.4 is 4.74 Å². The van der Waals surface area contributed by atoms with Crippen LogP contribution >= 0.6 is 11.6 Å². The molecule has 1 aromatic carbocycles. The zero-order valence-corrected chi connectivity index (χ0v) is 10.9. The highest BCUT2D eigenvalue weighted by Crippen LogP contribution is 2.29. The molecule has 2 aromatic heterocycles. The summed E-state index contributed by atoms with van der Waals surface area (Å²) >= 11 is 5.88. The van der Waals surface area contributed by atoms with Crippen LogP contribution in [0.25, 0.3) is 5.65 Å². The van der Waals surface area contributed by atoms with Crippen LogP contribution in [0.4, 0.5) is 8.78 Å². The molecule has 0 aliphatic heterocycles. The Kier molecular flexibility index (Phi) is 3.28. The Balaban J connectivity index is 2.08. The first kappa shape index (κ1) is 12.9. The predicted molar refractivity (Wildman–Crippen MR) is 71.2 cm³/mol. The summed E-state index contributed by atoms with van der Waals surface area (Å²) in [7, 11) is 0. The number of benzene rings is 1. The lowest BCUT2D eigenvalue weighted by molar-refractivity contribution is 0.404. The standard InChI is InChI=1S/C14H9ClF2N2O/c15-8-10-14(18-12-6-1-2-7-19(10)12)20-11-5-3-4-9(16)13(11)17/h1-7H,8H2. The van der Waals surface area contributed by atoms with Crippen molar-refractivity contribution in [3.8, 4) is 11.6 Å². The molecule has 0 aliphatic carbocycles. The molecule has 0 N–H and O–H groups in total. The van der Waals surface area contributed by atoms with E-state index in [9.17, 15) is 8.78 Å². The number of hydrogen-bond acceptors (Lipinski definition) is 2. The maximum absolute atomic E-state index is 13.6. The first-order valence-corrected chi connectivity index (χ1v) is 6.38. The van der Waals surface area contributed by atoms with E-state index in [-0.39, 0.29) is 17.5 Å². The minimum Gasteiger partial charge on any atom is -0.434 e. The van der Waals surface area contributed by atoms with Gasteiger partial charge >= 0.3 is 0 Å². The summed E-state index contributed by atoms with van der Waals surface area (Å²) < 4.78 is 33.9. The Hall–Kier alpha value is -2.14. The number of hydrogen-bond donors (Lipinski definition) is 0. The number of nitrogens with zero attached hydrogens (tertiary/aromatic N) is 2. The van der Waals surface area contributed by atoms with Crippen molar-refractivity contribution < 1.29 is 13.5 Å². The van der Waals surface area contributed by atoms with Gasteiger partial charge in [0.1, 0.15) is 11.3 Å². The number of alkyl halides is 1. The Morgan fingerprint density at radius 2 is 2.00 bits per heavy atom. The molecule has 102 valence electrons. The van der Waals surface area contributed by atoms with Gasteiger partial charge in [-0.2, -0.15) is 9.37 Å². The molecule has 0 aliphatic rings. The van der Waals surface area contributed by atoms with Crippen LogP contribution in [0.15, 0.2) is 42.6 Å². The van der Waals surface area contributed by atoms with Crippen LogP contribution in [0, 0.1) is 11.6 Å². The maximum Gasteiger partial charge on any atom is 0.242 e. The lowest BCUT2D eigenvalue weighted by Gasteiger charge is -2.05. The molecule has 0 saturated carbocycles. The molecule has 3 rings (SSSR count). The smallest absolute Gasteiger partial charge is 0.242 e. The van der Waals surface area contributed by atoms with Gasteiger partial charge in [0.05, 0.1) is 5.88 Å². The van der Waals surface area contributed by atoms with Crippen molar-refractivity contribution in [2.24, 2.45) is 0 Å². The van der Waals surface area contributed by atoms with Crippen LogP contribution in [-0.2, 0) is 5.88 Å². The van der Waals surface area contributed by atoms with E-state index in [0.717, 1.165) is 6.07 Å². The SMILES string of the molecule is Fc1cccc(Oc2nc3ccccn3c2CCl)c1F. The van der Waals surface area contributed by atoms with E-state index in [1.165, 1.54) is 12.1 Å². The van der Waals surface area contributed by atoms with Gasteiger partial charge in [0.15, 0.2) is 11.6 Å². The predicted octanol–water partition coefficient (Wildman–Crippen LogP) is 4.14. The van der Waals surface area contributed by atoms with Gasteiger partial charge < -0.3 is 4.74 Å². The van der Waals surface area contributed by atoms with Gasteiger partial charge in [-0.25, -0.2) is 4.39 Å². The van der Waals surface area contributed by atoms with Crippen LogP contribution in [-0.4, -0.2) is 9.38 Å². The molecule has 20 heavy (non-hydrogen) atoms. The summed E-state index contributed by atoms with van der Waals surface area (Å²) in [4.78, 5) is 4.22. The van der Waals surface area contributed by atoms with Crippen molar-refractivity contribution in [3.63, 3.8) is 0 Å². The fourth-order valence-corrected chi connectivity index (χ4v) is 2.14. The first-order valence-electron chi connectivity index (χ1n) is 5.84. The van der Waals surface area contributed by atoms with Crippen LogP contribution in [0.3, 0.4) is 0 Å². The Bertz CT molecular complexity index is 773. The third-order valence-electron chi connectivity index (χ3n) is 2.84. The number of aromatic nitrogens is 2. The fraction of sp³-hybridized carbons (Fsp3) is 0.0714. The average Bonchev–Trinajstić information content (AvgIpc) is 2.81. The largest absolute Gasteiger partial charge is 0.434 e. The quantitative estimate of drug-likeness (QED) is 0.679. The molecule has 0 saturated heterocycles. The molecule has 0 spiro atoms. The van der Waals surface area contributed by atoms with Gasteiger partial charge in [0, 0.05) is 6.20 Å². The molecule has 0 unspecified atom stereocenters. The van der Waals surface area contributed by atoms with Crippen LogP contribution in [0.2, 0.25) is 0 Å². The first-order chi connectivity index (χ1) is 9.70.